The second-order valence-corrected chi connectivity index (χ2v) is 4.57. The first kappa shape index (κ1) is 8.18. The summed E-state index contributed by atoms with van der Waals surface area (Å²) >= 11 is 2.19. The lowest BCUT2D eigenvalue weighted by molar-refractivity contribution is 0.418. The summed E-state index contributed by atoms with van der Waals surface area (Å²) in [6, 6.07) is 0. The number of hydrogen-bond donors (Lipinski definition) is 0. The highest BCUT2D eigenvalue weighted by Crippen LogP contribution is 2.56. The van der Waals surface area contributed by atoms with Crippen LogP contribution in [0.5, 0.6) is 0 Å². The molecule has 0 aromatic rings. The summed E-state index contributed by atoms with van der Waals surface area (Å²) in [6.07, 6.45) is -1.50. The van der Waals surface area contributed by atoms with Crippen LogP contribution in [0.3, 0.4) is 0 Å². The van der Waals surface area contributed by atoms with Crippen LogP contribution in [0.2, 0.25) is 0 Å². The molecule has 0 aliphatic rings. The van der Waals surface area contributed by atoms with E-state index in [1.54, 1.807) is 6.92 Å². The van der Waals surface area contributed by atoms with Gasteiger partial charge in [0.1, 0.15) is 0 Å². The molecule has 0 aromatic carbocycles. The highest BCUT2D eigenvalue weighted by Gasteiger charge is 2.13. The van der Waals surface area contributed by atoms with Gasteiger partial charge in [0.15, 0.2) is 0 Å². The molecule has 0 aliphatic heterocycles. The van der Waals surface area contributed by atoms with Crippen molar-refractivity contribution < 1.29 is 13.3 Å². The molecule has 8 heavy (non-hydrogen) atoms. The third kappa shape index (κ3) is 6.18. The van der Waals surface area contributed by atoms with Gasteiger partial charge in [0.05, 0.1) is 21.8 Å². The lowest BCUT2D eigenvalue weighted by atomic mass is 10.8. The van der Waals surface area contributed by atoms with Crippen molar-refractivity contribution in [3.05, 3.63) is 12.3 Å². The molecule has 0 bridgehead atoms. The fourth-order valence-electron chi connectivity index (χ4n) is 0.132. The minimum absolute atomic E-state index is 1.02. The van der Waals surface area contributed by atoms with Crippen LogP contribution in [-0.4, -0.2) is 0 Å². The summed E-state index contributed by atoms with van der Waals surface area (Å²) < 4.78 is 25.7. The minimum Gasteiger partial charge on any atom is -0.422 e. The lowest BCUT2D eigenvalue weighted by Crippen LogP contribution is -1.61. The van der Waals surface area contributed by atoms with Crippen molar-refractivity contribution in [2.24, 2.45) is 0 Å². The highest BCUT2D eigenvalue weighted by atomic mass is 79.9. The van der Waals surface area contributed by atoms with E-state index in [4.69, 9.17) is 0 Å². The van der Waals surface area contributed by atoms with Crippen LogP contribution in [0, 0.1) is 0 Å². The van der Waals surface area contributed by atoms with Crippen molar-refractivity contribution in [2.75, 3.05) is 0 Å². The highest BCUT2D eigenvalue weighted by molar-refractivity contribution is 9.39. The number of halogens is 2. The van der Waals surface area contributed by atoms with E-state index in [2.05, 4.69) is 20.0 Å². The van der Waals surface area contributed by atoms with Crippen LogP contribution in [0.4, 0.5) is 4.20 Å². The molecule has 5 heteroatoms. The van der Waals surface area contributed by atoms with Gasteiger partial charge in [0.2, 0.25) is 0 Å². The molecule has 48 valence electrons. The summed E-state index contributed by atoms with van der Waals surface area (Å²) in [4.78, 5) is 0. The molecule has 0 amide bonds. The van der Waals surface area contributed by atoms with Crippen molar-refractivity contribution in [3.63, 3.8) is 0 Å². The Bertz CT molecular complexity index is 129. The zero-order valence-electron chi connectivity index (χ0n) is 4.17. The first-order valence-corrected chi connectivity index (χ1v) is 5.38. The van der Waals surface area contributed by atoms with Gasteiger partial charge in [-0.3, -0.25) is 0 Å². The van der Waals surface area contributed by atoms with Gasteiger partial charge < -0.3 is 4.52 Å². The summed E-state index contributed by atoms with van der Waals surface area (Å²) in [7, 11) is 0. The fourth-order valence-corrected chi connectivity index (χ4v) is 0.685. The molecule has 0 N–H and O–H groups in total. The molecular formula is C3H5BrFO2P. The average Bonchev–Trinajstić information content (AvgIpc) is 1.59. The molecular weight excluding hydrogens is 198 g/mol. The van der Waals surface area contributed by atoms with E-state index < -0.39 is 6.38 Å². The molecule has 0 aromatic heterocycles. The van der Waals surface area contributed by atoms with Crippen LogP contribution in [0.15, 0.2) is 12.3 Å². The molecule has 0 aliphatic carbocycles. The van der Waals surface area contributed by atoms with Gasteiger partial charge in [-0.25, -0.2) is 4.57 Å². The van der Waals surface area contributed by atoms with Gasteiger partial charge in [0, 0.05) is 0 Å². The van der Waals surface area contributed by atoms with Crippen molar-refractivity contribution >= 4 is 21.9 Å². The normalized spacial score (nSPS) is 18.4. The van der Waals surface area contributed by atoms with Gasteiger partial charge in [0.25, 0.3) is 0 Å². The van der Waals surface area contributed by atoms with Crippen molar-refractivity contribution in [2.45, 2.75) is 6.92 Å². The Labute approximate surface area is 55.0 Å². The maximum absolute atomic E-state index is 11.8. The van der Waals surface area contributed by atoms with E-state index in [1.165, 1.54) is 6.08 Å². The third-order valence-electron chi connectivity index (χ3n) is 0.320. The monoisotopic (exact) mass is 202 g/mol. The molecule has 0 heterocycles. The summed E-state index contributed by atoms with van der Waals surface area (Å²) in [5.41, 5.74) is 0. The van der Waals surface area contributed by atoms with E-state index >= 15 is 0 Å². The van der Waals surface area contributed by atoms with E-state index in [9.17, 15) is 8.76 Å². The lowest BCUT2D eigenvalue weighted by Gasteiger charge is -1.94. The van der Waals surface area contributed by atoms with Gasteiger partial charge in [-0.15, -0.1) is 4.20 Å². The van der Waals surface area contributed by atoms with Gasteiger partial charge in [-0.2, -0.15) is 0 Å². The average molecular weight is 203 g/mol. The summed E-state index contributed by atoms with van der Waals surface area (Å²) in [5.74, 6) is 0. The molecule has 0 saturated heterocycles. The Hall–Kier alpha value is 0.180. The Morgan fingerprint density at radius 1 is 1.88 bits per heavy atom. The van der Waals surface area contributed by atoms with Gasteiger partial charge >= 0.3 is 6.38 Å². The van der Waals surface area contributed by atoms with Gasteiger partial charge in [-0.1, -0.05) is 6.08 Å². The first-order valence-electron chi connectivity index (χ1n) is 1.85. The number of allylic oxidation sites excluding steroid dienone is 1. The van der Waals surface area contributed by atoms with Crippen LogP contribution in [-0.2, 0) is 9.09 Å². The maximum atomic E-state index is 11.8. The van der Waals surface area contributed by atoms with Crippen molar-refractivity contribution in [1.29, 1.82) is 0 Å². The fraction of sp³-hybridized carbons (Fsp3) is 0.333. The van der Waals surface area contributed by atoms with Crippen molar-refractivity contribution in [1.82, 2.24) is 0 Å². The van der Waals surface area contributed by atoms with E-state index in [0.29, 0.717) is 0 Å². The first-order chi connectivity index (χ1) is 3.56. The van der Waals surface area contributed by atoms with E-state index in [-0.39, 0.29) is 0 Å². The molecule has 2 nitrogen and oxygen atoms in total. The second-order valence-electron chi connectivity index (χ2n) is 0.989. The second kappa shape index (κ2) is 3.25. The standard InChI is InChI=1S/C3H5BrFO2P/c1-2-3-7-8(4,5)6/h2-3H,1H3/b3-2-. The predicted molar refractivity (Wildman–Crippen MR) is 33.5 cm³/mol. The molecule has 0 radical (unpaired) electrons. The molecule has 0 fully saturated rings. The zero-order chi connectivity index (χ0) is 6.62. The van der Waals surface area contributed by atoms with Crippen LogP contribution in [0.25, 0.3) is 0 Å². The SMILES string of the molecule is C/C=C\OP(=O)(F)Br. The Kier molecular flexibility index (Phi) is 3.33. The Balaban J connectivity index is 3.57. The molecule has 0 saturated carbocycles. The van der Waals surface area contributed by atoms with E-state index in [1.807, 2.05) is 0 Å². The quantitative estimate of drug-likeness (QED) is 0.509. The molecule has 0 rings (SSSR count). The minimum atomic E-state index is -3.96. The van der Waals surface area contributed by atoms with Crippen LogP contribution < -0.4 is 0 Å². The van der Waals surface area contributed by atoms with Crippen LogP contribution >= 0.6 is 21.9 Å². The third-order valence-corrected chi connectivity index (χ3v) is 1.19. The zero-order valence-corrected chi connectivity index (χ0v) is 6.65. The number of rotatable bonds is 2. The maximum Gasteiger partial charge on any atom is 0.483 e. The predicted octanol–water partition coefficient (Wildman–Crippen LogP) is 3.01. The van der Waals surface area contributed by atoms with Crippen LogP contribution in [0.1, 0.15) is 6.92 Å². The largest absolute Gasteiger partial charge is 0.483 e. The smallest absolute Gasteiger partial charge is 0.422 e. The molecule has 1 atom stereocenters. The molecule has 1 unspecified atom stereocenters. The van der Waals surface area contributed by atoms with E-state index in [0.717, 1.165) is 6.26 Å². The summed E-state index contributed by atoms with van der Waals surface area (Å²) in [6.45, 7) is 1.63. The Morgan fingerprint density at radius 2 is 2.38 bits per heavy atom. The Morgan fingerprint density at radius 3 is 2.50 bits per heavy atom. The summed E-state index contributed by atoms with van der Waals surface area (Å²) in [5, 5.41) is 0. The topological polar surface area (TPSA) is 26.3 Å². The molecule has 0 spiro atoms. The van der Waals surface area contributed by atoms with Gasteiger partial charge in [-0.05, 0) is 6.92 Å². The van der Waals surface area contributed by atoms with Crippen molar-refractivity contribution in [3.8, 4) is 0 Å². The number of hydrogen-bond acceptors (Lipinski definition) is 2.